The number of aromatic nitrogens is 1. The van der Waals surface area contributed by atoms with Gasteiger partial charge >= 0.3 is 5.97 Å². The highest BCUT2D eigenvalue weighted by Gasteiger charge is 2.21. The van der Waals surface area contributed by atoms with Crippen LogP contribution in [0, 0.1) is 0 Å². The van der Waals surface area contributed by atoms with E-state index in [1.165, 1.54) is 6.20 Å². The third kappa shape index (κ3) is 4.39. The maximum absolute atomic E-state index is 12.0. The number of carboxylic acids is 1. The van der Waals surface area contributed by atoms with Gasteiger partial charge in [0.25, 0.3) is 5.91 Å². The van der Waals surface area contributed by atoms with E-state index in [-0.39, 0.29) is 6.42 Å². The Morgan fingerprint density at radius 3 is 2.52 bits per heavy atom. The molecule has 0 saturated heterocycles. The van der Waals surface area contributed by atoms with Crippen molar-refractivity contribution in [1.82, 2.24) is 10.3 Å². The third-order valence-electron chi connectivity index (χ3n) is 2.88. The monoisotopic (exact) mass is 348 g/mol. The van der Waals surface area contributed by atoms with Crippen molar-refractivity contribution in [3.8, 4) is 0 Å². The Balaban J connectivity index is 2.07. The maximum atomic E-state index is 12.0. The van der Waals surface area contributed by atoms with Gasteiger partial charge in [-0.2, -0.15) is 0 Å². The van der Waals surface area contributed by atoms with Crippen molar-refractivity contribution >= 4 is 27.8 Å². The molecule has 0 aliphatic rings. The molecular weight excluding hydrogens is 336 g/mol. The smallest absolute Gasteiger partial charge is 0.326 e. The molecule has 0 fully saturated rings. The molecule has 2 aromatic rings. The van der Waals surface area contributed by atoms with Gasteiger partial charge in [0.2, 0.25) is 0 Å². The zero-order chi connectivity index (χ0) is 15.2. The SMILES string of the molecule is O=C(N[C@H](Cc1ccc(Br)cc1)C(=O)O)c1cccnc1. The first-order valence-corrected chi connectivity index (χ1v) is 7.03. The van der Waals surface area contributed by atoms with Gasteiger partial charge in [-0.3, -0.25) is 9.78 Å². The van der Waals surface area contributed by atoms with Crippen LogP contribution >= 0.6 is 15.9 Å². The number of hydrogen-bond acceptors (Lipinski definition) is 3. The highest BCUT2D eigenvalue weighted by Crippen LogP contribution is 2.12. The minimum Gasteiger partial charge on any atom is -0.480 e. The standard InChI is InChI=1S/C15H13BrN2O3/c16-12-5-3-10(4-6-12)8-13(15(20)21)18-14(19)11-2-1-7-17-9-11/h1-7,9,13H,8H2,(H,18,19)(H,20,21)/t13-/m1/s1. The summed E-state index contributed by atoms with van der Waals surface area (Å²) in [6.07, 6.45) is 3.16. The fourth-order valence-electron chi connectivity index (χ4n) is 1.79. The van der Waals surface area contributed by atoms with Crippen molar-refractivity contribution in [1.29, 1.82) is 0 Å². The fraction of sp³-hybridized carbons (Fsp3) is 0.133. The van der Waals surface area contributed by atoms with Gasteiger partial charge in [-0.15, -0.1) is 0 Å². The predicted octanol–water partition coefficient (Wildman–Crippen LogP) is 2.27. The van der Waals surface area contributed by atoms with E-state index in [0.29, 0.717) is 5.56 Å². The molecule has 1 amide bonds. The van der Waals surface area contributed by atoms with Gasteiger partial charge in [0.1, 0.15) is 6.04 Å². The van der Waals surface area contributed by atoms with Crippen molar-refractivity contribution in [3.63, 3.8) is 0 Å². The molecule has 0 bridgehead atoms. The van der Waals surface area contributed by atoms with Crippen LogP contribution in [0.1, 0.15) is 15.9 Å². The lowest BCUT2D eigenvalue weighted by atomic mass is 10.1. The molecule has 108 valence electrons. The predicted molar refractivity (Wildman–Crippen MR) is 81.0 cm³/mol. The minimum absolute atomic E-state index is 0.217. The molecule has 5 nitrogen and oxygen atoms in total. The average Bonchev–Trinajstić information content (AvgIpc) is 2.49. The number of carbonyl (C=O) groups is 2. The Morgan fingerprint density at radius 2 is 1.95 bits per heavy atom. The first kappa shape index (κ1) is 15.2. The Morgan fingerprint density at radius 1 is 1.24 bits per heavy atom. The number of hydrogen-bond donors (Lipinski definition) is 2. The van der Waals surface area contributed by atoms with Crippen LogP contribution in [0.3, 0.4) is 0 Å². The van der Waals surface area contributed by atoms with E-state index < -0.39 is 17.9 Å². The van der Waals surface area contributed by atoms with Gasteiger partial charge in [0.05, 0.1) is 5.56 Å². The van der Waals surface area contributed by atoms with E-state index in [1.807, 2.05) is 24.3 Å². The molecule has 6 heteroatoms. The molecule has 1 aromatic heterocycles. The molecule has 0 aliphatic carbocycles. The number of carbonyl (C=O) groups excluding carboxylic acids is 1. The third-order valence-corrected chi connectivity index (χ3v) is 3.41. The molecule has 0 spiro atoms. The Kier molecular flexibility index (Phi) is 5.05. The van der Waals surface area contributed by atoms with Crippen molar-refractivity contribution in [2.75, 3.05) is 0 Å². The summed E-state index contributed by atoms with van der Waals surface area (Å²) < 4.78 is 0.914. The van der Waals surface area contributed by atoms with Crippen LogP contribution in [0.5, 0.6) is 0 Å². The highest BCUT2D eigenvalue weighted by atomic mass is 79.9. The summed E-state index contributed by atoms with van der Waals surface area (Å²) in [7, 11) is 0. The number of aliphatic carboxylic acids is 1. The van der Waals surface area contributed by atoms with Gasteiger partial charge in [-0.1, -0.05) is 28.1 Å². The van der Waals surface area contributed by atoms with Crippen LogP contribution in [0.4, 0.5) is 0 Å². The molecule has 0 aliphatic heterocycles. The number of carboxylic acid groups (broad SMARTS) is 1. The molecule has 2 rings (SSSR count). The normalized spacial score (nSPS) is 11.7. The Bertz CT molecular complexity index is 629. The second-order valence-electron chi connectivity index (χ2n) is 4.44. The molecule has 21 heavy (non-hydrogen) atoms. The minimum atomic E-state index is -1.07. The van der Waals surface area contributed by atoms with E-state index in [9.17, 15) is 14.7 Å². The van der Waals surface area contributed by atoms with E-state index in [1.54, 1.807) is 18.3 Å². The summed E-state index contributed by atoms with van der Waals surface area (Å²) in [5.41, 5.74) is 1.16. The maximum Gasteiger partial charge on any atom is 0.326 e. The second-order valence-corrected chi connectivity index (χ2v) is 5.35. The van der Waals surface area contributed by atoms with Gasteiger partial charge < -0.3 is 10.4 Å². The summed E-state index contributed by atoms with van der Waals surface area (Å²) in [4.78, 5) is 27.1. The molecule has 1 atom stereocenters. The zero-order valence-electron chi connectivity index (χ0n) is 11.0. The number of amides is 1. The van der Waals surface area contributed by atoms with Gasteiger partial charge in [0.15, 0.2) is 0 Å². The average molecular weight is 349 g/mol. The first-order chi connectivity index (χ1) is 10.1. The number of rotatable bonds is 5. The van der Waals surface area contributed by atoms with Gasteiger partial charge in [-0.05, 0) is 29.8 Å². The lowest BCUT2D eigenvalue weighted by molar-refractivity contribution is -0.139. The summed E-state index contributed by atoms with van der Waals surface area (Å²) in [5.74, 6) is -1.53. The van der Waals surface area contributed by atoms with Crippen LogP contribution in [0.15, 0.2) is 53.3 Å². The van der Waals surface area contributed by atoms with Crippen LogP contribution in [-0.4, -0.2) is 28.0 Å². The second kappa shape index (κ2) is 6.99. The molecule has 2 N–H and O–H groups in total. The molecule has 1 heterocycles. The number of benzene rings is 1. The quantitative estimate of drug-likeness (QED) is 0.868. The summed E-state index contributed by atoms with van der Waals surface area (Å²) in [6, 6.07) is 9.51. The largest absolute Gasteiger partial charge is 0.480 e. The van der Waals surface area contributed by atoms with Crippen molar-refractivity contribution in [3.05, 3.63) is 64.4 Å². The topological polar surface area (TPSA) is 79.3 Å². The first-order valence-electron chi connectivity index (χ1n) is 6.24. The number of nitrogens with zero attached hydrogens (tertiary/aromatic N) is 1. The molecule has 1 aromatic carbocycles. The van der Waals surface area contributed by atoms with E-state index in [0.717, 1.165) is 10.0 Å². The lowest BCUT2D eigenvalue weighted by Gasteiger charge is -2.14. The Labute approximate surface area is 130 Å². The summed E-state index contributed by atoms with van der Waals surface area (Å²) in [5, 5.41) is 11.8. The van der Waals surface area contributed by atoms with Gasteiger partial charge in [0, 0.05) is 23.3 Å². The van der Waals surface area contributed by atoms with Crippen LogP contribution in [0.25, 0.3) is 0 Å². The Hall–Kier alpha value is -2.21. The van der Waals surface area contributed by atoms with E-state index in [4.69, 9.17) is 0 Å². The molecule has 0 unspecified atom stereocenters. The van der Waals surface area contributed by atoms with Crippen LogP contribution in [0.2, 0.25) is 0 Å². The molecule has 0 radical (unpaired) electrons. The highest BCUT2D eigenvalue weighted by molar-refractivity contribution is 9.10. The van der Waals surface area contributed by atoms with Crippen molar-refractivity contribution in [2.24, 2.45) is 0 Å². The molecule has 0 saturated carbocycles. The number of pyridine rings is 1. The summed E-state index contributed by atoms with van der Waals surface area (Å²) >= 11 is 3.32. The molecular formula is C15H13BrN2O3. The van der Waals surface area contributed by atoms with Crippen LogP contribution in [-0.2, 0) is 11.2 Å². The van der Waals surface area contributed by atoms with Crippen molar-refractivity contribution in [2.45, 2.75) is 12.5 Å². The van der Waals surface area contributed by atoms with Crippen LogP contribution < -0.4 is 5.32 Å². The summed E-state index contributed by atoms with van der Waals surface area (Å²) in [6.45, 7) is 0. The fourth-order valence-corrected chi connectivity index (χ4v) is 2.06. The zero-order valence-corrected chi connectivity index (χ0v) is 12.6. The van der Waals surface area contributed by atoms with E-state index >= 15 is 0 Å². The van der Waals surface area contributed by atoms with Crippen molar-refractivity contribution < 1.29 is 14.7 Å². The van der Waals surface area contributed by atoms with Gasteiger partial charge in [-0.25, -0.2) is 4.79 Å². The lowest BCUT2D eigenvalue weighted by Crippen LogP contribution is -2.42. The van der Waals surface area contributed by atoms with E-state index in [2.05, 4.69) is 26.2 Å². The number of nitrogens with one attached hydrogen (secondary N) is 1. The number of halogens is 1.